The van der Waals surface area contributed by atoms with E-state index in [2.05, 4.69) is 5.32 Å². The summed E-state index contributed by atoms with van der Waals surface area (Å²) >= 11 is 5.67. The molecule has 0 radical (unpaired) electrons. The predicted octanol–water partition coefficient (Wildman–Crippen LogP) is 2.58. The number of urea groups is 1. The standard InChI is InChI=1S/C12H14ClN3O5/c1-7(2)15(6-11(17)18)12(19)14-8-3-4-9(13)10(5-8)16(20)21/h3-5,7H,6H2,1-2H3,(H,14,19)(H,17,18). The van der Waals surface area contributed by atoms with Gasteiger partial charge in [-0.2, -0.15) is 0 Å². The Hall–Kier alpha value is -2.35. The van der Waals surface area contributed by atoms with Gasteiger partial charge in [0.05, 0.1) is 4.92 Å². The molecule has 0 spiro atoms. The van der Waals surface area contributed by atoms with Crippen LogP contribution in [0.2, 0.25) is 5.02 Å². The molecule has 114 valence electrons. The van der Waals surface area contributed by atoms with Crippen molar-refractivity contribution in [1.82, 2.24) is 4.90 Å². The van der Waals surface area contributed by atoms with Gasteiger partial charge in [-0.3, -0.25) is 14.9 Å². The van der Waals surface area contributed by atoms with Gasteiger partial charge in [0.2, 0.25) is 0 Å². The highest BCUT2D eigenvalue weighted by atomic mass is 35.5. The average Bonchev–Trinajstić information content (AvgIpc) is 2.37. The lowest BCUT2D eigenvalue weighted by molar-refractivity contribution is -0.384. The van der Waals surface area contributed by atoms with Gasteiger partial charge in [0, 0.05) is 17.8 Å². The molecule has 0 aliphatic carbocycles. The molecule has 2 amide bonds. The summed E-state index contributed by atoms with van der Waals surface area (Å²) in [6.45, 7) is 2.85. The summed E-state index contributed by atoms with van der Waals surface area (Å²) in [5, 5.41) is 21.9. The number of anilines is 1. The monoisotopic (exact) mass is 315 g/mol. The van der Waals surface area contributed by atoms with Gasteiger partial charge in [0.25, 0.3) is 5.69 Å². The Labute approximate surface area is 125 Å². The molecule has 21 heavy (non-hydrogen) atoms. The van der Waals surface area contributed by atoms with Crippen LogP contribution in [-0.4, -0.2) is 39.5 Å². The van der Waals surface area contributed by atoms with Gasteiger partial charge in [-0.15, -0.1) is 0 Å². The first-order valence-corrected chi connectivity index (χ1v) is 6.33. The first-order valence-electron chi connectivity index (χ1n) is 5.95. The Balaban J connectivity index is 2.93. The highest BCUT2D eigenvalue weighted by molar-refractivity contribution is 6.32. The van der Waals surface area contributed by atoms with Gasteiger partial charge in [-0.05, 0) is 26.0 Å². The third-order valence-electron chi connectivity index (χ3n) is 2.58. The third-order valence-corrected chi connectivity index (χ3v) is 2.90. The summed E-state index contributed by atoms with van der Waals surface area (Å²) in [5.41, 5.74) is -0.184. The molecule has 0 saturated carbocycles. The van der Waals surface area contributed by atoms with Crippen molar-refractivity contribution in [1.29, 1.82) is 0 Å². The molecule has 0 bridgehead atoms. The first kappa shape index (κ1) is 16.7. The molecule has 0 aliphatic rings. The number of carbonyl (C=O) groups excluding carboxylic acids is 1. The largest absolute Gasteiger partial charge is 0.480 e. The zero-order valence-corrected chi connectivity index (χ0v) is 12.1. The van der Waals surface area contributed by atoms with Crippen molar-refractivity contribution in [2.24, 2.45) is 0 Å². The number of benzene rings is 1. The predicted molar refractivity (Wildman–Crippen MR) is 76.6 cm³/mol. The highest BCUT2D eigenvalue weighted by Gasteiger charge is 2.21. The molecular formula is C12H14ClN3O5. The lowest BCUT2D eigenvalue weighted by Crippen LogP contribution is -2.43. The van der Waals surface area contributed by atoms with Crippen LogP contribution in [0, 0.1) is 10.1 Å². The summed E-state index contributed by atoms with van der Waals surface area (Å²) in [5.74, 6) is -1.15. The fourth-order valence-electron chi connectivity index (χ4n) is 1.56. The molecule has 0 unspecified atom stereocenters. The second kappa shape index (κ2) is 6.89. The third kappa shape index (κ3) is 4.60. The van der Waals surface area contributed by atoms with Crippen molar-refractivity contribution in [2.45, 2.75) is 19.9 Å². The van der Waals surface area contributed by atoms with Crippen molar-refractivity contribution >= 4 is 35.0 Å². The number of carboxylic acid groups (broad SMARTS) is 1. The number of hydrogen-bond acceptors (Lipinski definition) is 4. The number of nitro groups is 1. The molecule has 0 fully saturated rings. The number of hydrogen-bond donors (Lipinski definition) is 2. The van der Waals surface area contributed by atoms with Gasteiger partial charge >= 0.3 is 12.0 Å². The maximum atomic E-state index is 12.0. The maximum Gasteiger partial charge on any atom is 0.323 e. The quantitative estimate of drug-likeness (QED) is 0.640. The number of rotatable bonds is 5. The van der Waals surface area contributed by atoms with E-state index in [0.717, 1.165) is 11.0 Å². The van der Waals surface area contributed by atoms with Crippen molar-refractivity contribution in [3.05, 3.63) is 33.3 Å². The zero-order chi connectivity index (χ0) is 16.2. The molecule has 1 aromatic rings. The van der Waals surface area contributed by atoms with E-state index in [0.29, 0.717) is 0 Å². The molecule has 0 atom stereocenters. The molecule has 1 rings (SSSR count). The van der Waals surface area contributed by atoms with Crippen LogP contribution >= 0.6 is 11.6 Å². The summed E-state index contributed by atoms with van der Waals surface area (Å²) in [7, 11) is 0. The molecule has 0 aromatic heterocycles. The maximum absolute atomic E-state index is 12.0. The van der Waals surface area contributed by atoms with Crippen LogP contribution in [0.15, 0.2) is 18.2 Å². The van der Waals surface area contributed by atoms with Gasteiger partial charge in [0.15, 0.2) is 0 Å². The van der Waals surface area contributed by atoms with Gasteiger partial charge in [0.1, 0.15) is 11.6 Å². The minimum atomic E-state index is -1.15. The summed E-state index contributed by atoms with van der Waals surface area (Å²) in [4.78, 5) is 33.9. The number of nitro benzene ring substituents is 1. The summed E-state index contributed by atoms with van der Waals surface area (Å²) < 4.78 is 0. The molecular weight excluding hydrogens is 302 g/mol. The Bertz CT molecular complexity index is 576. The number of halogens is 1. The van der Waals surface area contributed by atoms with Crippen LogP contribution in [0.5, 0.6) is 0 Å². The van der Waals surface area contributed by atoms with E-state index in [-0.39, 0.29) is 22.4 Å². The fourth-order valence-corrected chi connectivity index (χ4v) is 1.75. The highest BCUT2D eigenvalue weighted by Crippen LogP contribution is 2.27. The van der Waals surface area contributed by atoms with Crippen molar-refractivity contribution in [2.75, 3.05) is 11.9 Å². The van der Waals surface area contributed by atoms with Crippen molar-refractivity contribution in [3.8, 4) is 0 Å². The molecule has 0 heterocycles. The number of carboxylic acids is 1. The van der Waals surface area contributed by atoms with Crippen LogP contribution in [0.3, 0.4) is 0 Å². The van der Waals surface area contributed by atoms with E-state index >= 15 is 0 Å². The SMILES string of the molecule is CC(C)N(CC(=O)O)C(=O)Nc1ccc(Cl)c([N+](=O)[O-])c1. The molecule has 0 saturated heterocycles. The Morgan fingerprint density at radius 1 is 1.48 bits per heavy atom. The lowest BCUT2D eigenvalue weighted by atomic mass is 10.2. The van der Waals surface area contributed by atoms with Crippen LogP contribution in [0.1, 0.15) is 13.8 Å². The Morgan fingerprint density at radius 3 is 2.57 bits per heavy atom. The van der Waals surface area contributed by atoms with E-state index in [1.165, 1.54) is 12.1 Å². The minimum absolute atomic E-state index is 0.0516. The van der Waals surface area contributed by atoms with Crippen molar-refractivity contribution < 1.29 is 19.6 Å². The number of nitrogens with zero attached hydrogens (tertiary/aromatic N) is 2. The second-order valence-corrected chi connectivity index (χ2v) is 4.88. The number of carbonyl (C=O) groups is 2. The number of aliphatic carboxylic acids is 1. The molecule has 8 nitrogen and oxygen atoms in total. The van der Waals surface area contributed by atoms with Crippen LogP contribution in [0.25, 0.3) is 0 Å². The van der Waals surface area contributed by atoms with E-state index in [1.54, 1.807) is 13.8 Å². The normalized spacial score (nSPS) is 10.3. The van der Waals surface area contributed by atoms with Crippen LogP contribution < -0.4 is 5.32 Å². The van der Waals surface area contributed by atoms with Gasteiger partial charge < -0.3 is 15.3 Å². The Morgan fingerprint density at radius 2 is 2.10 bits per heavy atom. The molecule has 1 aromatic carbocycles. The molecule has 2 N–H and O–H groups in total. The van der Waals surface area contributed by atoms with E-state index < -0.39 is 23.5 Å². The molecule has 9 heteroatoms. The number of nitrogens with one attached hydrogen (secondary N) is 1. The first-order chi connectivity index (χ1) is 9.72. The second-order valence-electron chi connectivity index (χ2n) is 4.47. The smallest absolute Gasteiger partial charge is 0.323 e. The summed E-state index contributed by atoms with van der Waals surface area (Å²) in [6.07, 6.45) is 0. The van der Waals surface area contributed by atoms with Crippen LogP contribution in [-0.2, 0) is 4.79 Å². The fraction of sp³-hybridized carbons (Fsp3) is 0.333. The van der Waals surface area contributed by atoms with Crippen LogP contribution in [0.4, 0.5) is 16.2 Å². The lowest BCUT2D eigenvalue weighted by Gasteiger charge is -2.25. The molecule has 0 aliphatic heterocycles. The van der Waals surface area contributed by atoms with Gasteiger partial charge in [-0.1, -0.05) is 11.6 Å². The van der Waals surface area contributed by atoms with Gasteiger partial charge in [-0.25, -0.2) is 4.79 Å². The zero-order valence-electron chi connectivity index (χ0n) is 11.4. The average molecular weight is 316 g/mol. The topological polar surface area (TPSA) is 113 Å². The minimum Gasteiger partial charge on any atom is -0.480 e. The van der Waals surface area contributed by atoms with Crippen molar-refractivity contribution in [3.63, 3.8) is 0 Å². The van der Waals surface area contributed by atoms with E-state index in [4.69, 9.17) is 16.7 Å². The Kier molecular flexibility index (Phi) is 5.48. The number of amides is 2. The van der Waals surface area contributed by atoms with E-state index in [9.17, 15) is 19.7 Å². The summed E-state index contributed by atoms with van der Waals surface area (Å²) in [6, 6.07) is 2.78. The van der Waals surface area contributed by atoms with E-state index in [1.807, 2.05) is 0 Å².